The minimum Gasteiger partial charge on any atom is -0.396 e. The van der Waals surface area contributed by atoms with Crippen molar-refractivity contribution in [2.24, 2.45) is 22.2 Å². The van der Waals surface area contributed by atoms with Gasteiger partial charge in [-0.05, 0) is 44.4 Å². The molecule has 4 nitrogen and oxygen atoms in total. The Bertz CT molecular complexity index is 357. The zero-order valence-electron chi connectivity index (χ0n) is 13.2. The van der Waals surface area contributed by atoms with Crippen LogP contribution in [0.2, 0.25) is 0 Å². The number of likely N-dealkylation sites (tertiary alicyclic amines) is 1. The van der Waals surface area contributed by atoms with Crippen LogP contribution in [-0.2, 0) is 0 Å². The summed E-state index contributed by atoms with van der Waals surface area (Å²) in [5.74, 6) is 2.86. The molecule has 1 saturated heterocycles. The van der Waals surface area contributed by atoms with E-state index in [1.807, 2.05) is 0 Å². The van der Waals surface area contributed by atoms with E-state index in [0.29, 0.717) is 6.61 Å². The van der Waals surface area contributed by atoms with Crippen molar-refractivity contribution in [3.8, 4) is 0 Å². The molecule has 3 fully saturated rings. The van der Waals surface area contributed by atoms with Gasteiger partial charge in [0.25, 0.3) is 0 Å². The molecule has 21 heavy (non-hydrogen) atoms. The van der Waals surface area contributed by atoms with Crippen molar-refractivity contribution in [3.05, 3.63) is 0 Å². The van der Waals surface area contributed by atoms with Gasteiger partial charge in [-0.1, -0.05) is 12.8 Å². The van der Waals surface area contributed by atoms with Gasteiger partial charge in [0.2, 0.25) is 0 Å². The third-order valence-electron chi connectivity index (χ3n) is 5.47. The highest BCUT2D eigenvalue weighted by Gasteiger charge is 2.42. The largest absolute Gasteiger partial charge is 0.396 e. The quantitative estimate of drug-likeness (QED) is 0.428. The molecule has 0 spiro atoms. The summed E-state index contributed by atoms with van der Waals surface area (Å²) in [6.45, 7) is 6.51. The first-order valence-electron chi connectivity index (χ1n) is 8.40. The molecule has 122 valence electrons. The first-order valence-corrected chi connectivity index (χ1v) is 8.40. The summed E-state index contributed by atoms with van der Waals surface area (Å²) < 4.78 is 0. The number of aliphatic hydroxyl groups is 1. The summed E-state index contributed by atoms with van der Waals surface area (Å²) in [4.78, 5) is 7.30. The van der Waals surface area contributed by atoms with Crippen LogP contribution >= 0.6 is 24.0 Å². The number of hydrogen-bond acceptors (Lipinski definition) is 2. The second kappa shape index (κ2) is 7.49. The first kappa shape index (κ1) is 17.3. The molecule has 0 radical (unpaired) electrons. The van der Waals surface area contributed by atoms with E-state index in [1.165, 1.54) is 38.8 Å². The topological polar surface area (TPSA) is 47.9 Å². The Hall–Kier alpha value is -0.0400. The number of nitrogens with one attached hydrogen (secondary N) is 1. The molecule has 2 N–H and O–H groups in total. The maximum Gasteiger partial charge on any atom is 0.193 e. The smallest absolute Gasteiger partial charge is 0.193 e. The maximum absolute atomic E-state index is 9.43. The normalized spacial score (nSPS) is 30.6. The van der Waals surface area contributed by atoms with E-state index >= 15 is 0 Å². The fourth-order valence-corrected chi connectivity index (χ4v) is 3.79. The van der Waals surface area contributed by atoms with Gasteiger partial charge < -0.3 is 15.3 Å². The summed E-state index contributed by atoms with van der Waals surface area (Å²) in [7, 11) is 0. The van der Waals surface area contributed by atoms with Crippen molar-refractivity contribution < 1.29 is 5.11 Å². The maximum atomic E-state index is 9.43. The predicted molar refractivity (Wildman–Crippen MR) is 97.2 cm³/mol. The van der Waals surface area contributed by atoms with Crippen LogP contribution in [-0.4, -0.2) is 48.8 Å². The Morgan fingerprint density at radius 1 is 1.24 bits per heavy atom. The molecule has 0 aromatic carbocycles. The average Bonchev–Trinajstić information content (AvgIpc) is 3.13. The van der Waals surface area contributed by atoms with Gasteiger partial charge in [0.1, 0.15) is 0 Å². The summed E-state index contributed by atoms with van der Waals surface area (Å²) in [6.07, 6.45) is 7.91. The predicted octanol–water partition coefficient (Wildman–Crippen LogP) is 2.46. The number of nitrogens with zero attached hydrogens (tertiary/aromatic N) is 2. The minimum absolute atomic E-state index is 0. The van der Waals surface area contributed by atoms with E-state index in [4.69, 9.17) is 4.99 Å². The van der Waals surface area contributed by atoms with Crippen molar-refractivity contribution >= 4 is 29.9 Å². The lowest BCUT2D eigenvalue weighted by Gasteiger charge is -2.22. The van der Waals surface area contributed by atoms with Crippen molar-refractivity contribution in [1.82, 2.24) is 10.2 Å². The van der Waals surface area contributed by atoms with Crippen molar-refractivity contribution in [1.29, 1.82) is 0 Å². The van der Waals surface area contributed by atoms with Gasteiger partial charge in [0, 0.05) is 25.0 Å². The second-order valence-electron chi connectivity index (χ2n) is 7.04. The monoisotopic (exact) mass is 407 g/mol. The molecule has 0 amide bonds. The molecule has 0 bridgehead atoms. The number of rotatable bonds is 4. The van der Waals surface area contributed by atoms with E-state index in [1.54, 1.807) is 0 Å². The Morgan fingerprint density at radius 2 is 1.86 bits per heavy atom. The molecular weight excluding hydrogens is 377 g/mol. The summed E-state index contributed by atoms with van der Waals surface area (Å²) in [6, 6.07) is 0. The van der Waals surface area contributed by atoms with Crippen LogP contribution in [0, 0.1) is 17.3 Å². The SMILES string of the molecule is CCNC(=NCC1(CO)CC1)N1CC2CCCCC2C1.I. The Labute approximate surface area is 145 Å². The Kier molecular flexibility index (Phi) is 6.17. The number of halogens is 1. The van der Waals surface area contributed by atoms with E-state index in [0.717, 1.165) is 43.7 Å². The number of guanidine groups is 1. The first-order chi connectivity index (χ1) is 9.76. The molecular formula is C16H30IN3O. The zero-order chi connectivity index (χ0) is 14.0. The summed E-state index contributed by atoms with van der Waals surface area (Å²) in [5.41, 5.74) is 0.118. The molecule has 2 aliphatic carbocycles. The Balaban J connectivity index is 0.00000161. The number of aliphatic hydroxyl groups excluding tert-OH is 1. The Morgan fingerprint density at radius 3 is 2.33 bits per heavy atom. The fourth-order valence-electron chi connectivity index (χ4n) is 3.79. The van der Waals surface area contributed by atoms with Crippen molar-refractivity contribution in [3.63, 3.8) is 0 Å². The van der Waals surface area contributed by atoms with Gasteiger partial charge in [-0.3, -0.25) is 4.99 Å². The highest BCUT2D eigenvalue weighted by Crippen LogP contribution is 2.45. The van der Waals surface area contributed by atoms with Gasteiger partial charge in [0.15, 0.2) is 5.96 Å². The molecule has 3 rings (SSSR count). The molecule has 5 heteroatoms. The highest BCUT2D eigenvalue weighted by atomic mass is 127. The lowest BCUT2D eigenvalue weighted by atomic mass is 9.82. The van der Waals surface area contributed by atoms with E-state index in [2.05, 4.69) is 17.1 Å². The summed E-state index contributed by atoms with van der Waals surface area (Å²) >= 11 is 0. The molecule has 2 atom stereocenters. The van der Waals surface area contributed by atoms with Crippen LogP contribution in [0.5, 0.6) is 0 Å². The third kappa shape index (κ3) is 4.03. The number of hydrogen-bond donors (Lipinski definition) is 2. The van der Waals surface area contributed by atoms with E-state index in [-0.39, 0.29) is 29.4 Å². The lowest BCUT2D eigenvalue weighted by molar-refractivity contribution is 0.216. The van der Waals surface area contributed by atoms with Gasteiger partial charge in [-0.25, -0.2) is 0 Å². The van der Waals surface area contributed by atoms with Gasteiger partial charge in [0.05, 0.1) is 13.2 Å². The lowest BCUT2D eigenvalue weighted by Crippen LogP contribution is -2.40. The van der Waals surface area contributed by atoms with Crippen molar-refractivity contribution in [2.75, 3.05) is 32.8 Å². The van der Waals surface area contributed by atoms with Crippen LogP contribution in [0.3, 0.4) is 0 Å². The van der Waals surface area contributed by atoms with Crippen LogP contribution in [0.25, 0.3) is 0 Å². The standard InChI is InChI=1S/C16H29N3O.HI/c1-2-17-15(18-11-16(12-20)7-8-16)19-9-13-5-3-4-6-14(13)10-19;/h13-14,20H,2-12H2,1H3,(H,17,18);1H. The highest BCUT2D eigenvalue weighted by molar-refractivity contribution is 14.0. The molecule has 0 aromatic heterocycles. The van der Waals surface area contributed by atoms with Crippen LogP contribution < -0.4 is 5.32 Å². The number of aliphatic imine (C=N–C) groups is 1. The van der Waals surface area contributed by atoms with Crippen molar-refractivity contribution in [2.45, 2.75) is 45.4 Å². The van der Waals surface area contributed by atoms with Crippen LogP contribution in [0.1, 0.15) is 45.4 Å². The molecule has 1 aliphatic heterocycles. The second-order valence-corrected chi connectivity index (χ2v) is 7.04. The molecule has 2 unspecified atom stereocenters. The molecule has 1 heterocycles. The van der Waals surface area contributed by atoms with Gasteiger partial charge >= 0.3 is 0 Å². The zero-order valence-corrected chi connectivity index (χ0v) is 15.5. The molecule has 2 saturated carbocycles. The summed E-state index contributed by atoms with van der Waals surface area (Å²) in [5, 5.41) is 12.9. The van der Waals surface area contributed by atoms with Crippen LogP contribution in [0.4, 0.5) is 0 Å². The van der Waals surface area contributed by atoms with Crippen LogP contribution in [0.15, 0.2) is 4.99 Å². The van der Waals surface area contributed by atoms with E-state index < -0.39 is 0 Å². The van der Waals surface area contributed by atoms with Gasteiger partial charge in [-0.2, -0.15) is 0 Å². The molecule has 3 aliphatic rings. The number of fused-ring (bicyclic) bond motifs is 1. The average molecular weight is 407 g/mol. The van der Waals surface area contributed by atoms with E-state index in [9.17, 15) is 5.11 Å². The van der Waals surface area contributed by atoms with Gasteiger partial charge in [-0.15, -0.1) is 24.0 Å². The minimum atomic E-state index is 0. The third-order valence-corrected chi connectivity index (χ3v) is 5.47. The molecule has 0 aromatic rings. The fraction of sp³-hybridized carbons (Fsp3) is 0.938.